The zero-order chi connectivity index (χ0) is 21.9. The molecule has 0 radical (unpaired) electrons. The molecule has 1 aromatic heterocycles. The van der Waals surface area contributed by atoms with Crippen molar-refractivity contribution >= 4 is 11.7 Å². The van der Waals surface area contributed by atoms with Gasteiger partial charge in [0.15, 0.2) is 5.71 Å². The summed E-state index contributed by atoms with van der Waals surface area (Å²) in [5.41, 5.74) is 2.29. The zero-order valence-corrected chi connectivity index (χ0v) is 17.7. The minimum Gasteiger partial charge on any atom is -0.461 e. The molecule has 0 saturated heterocycles. The number of carbonyl (C=O) groups is 1. The molecule has 0 N–H and O–H groups in total. The topological polar surface area (TPSA) is 87.8 Å². The fourth-order valence-electron chi connectivity index (χ4n) is 2.91. The molecule has 0 amide bonds. The summed E-state index contributed by atoms with van der Waals surface area (Å²) in [6.45, 7) is 2.59. The van der Waals surface area contributed by atoms with Crippen LogP contribution in [0.25, 0.3) is 5.69 Å². The molecule has 0 aliphatic heterocycles. The molecule has 0 unspecified atom stereocenters. The first-order chi connectivity index (χ1) is 15.2. The Labute approximate surface area is 181 Å². The van der Waals surface area contributed by atoms with Gasteiger partial charge in [0.25, 0.3) is 0 Å². The average molecular weight is 422 g/mol. The van der Waals surface area contributed by atoms with Crippen molar-refractivity contribution in [3.05, 3.63) is 72.1 Å². The lowest BCUT2D eigenvalue weighted by atomic mass is 10.0. The van der Waals surface area contributed by atoms with E-state index in [0.717, 1.165) is 30.5 Å². The van der Waals surface area contributed by atoms with Gasteiger partial charge < -0.3 is 14.3 Å². The van der Waals surface area contributed by atoms with Gasteiger partial charge in [-0.2, -0.15) is 4.98 Å². The largest absolute Gasteiger partial charge is 0.461 e. The normalized spacial score (nSPS) is 11.2. The Morgan fingerprint density at radius 1 is 1.06 bits per heavy atom. The number of oxime groups is 1. The van der Waals surface area contributed by atoms with Crippen LogP contribution in [0.5, 0.6) is 6.01 Å². The lowest BCUT2D eigenvalue weighted by Crippen LogP contribution is -2.21. The van der Waals surface area contributed by atoms with Crippen molar-refractivity contribution in [1.82, 2.24) is 14.8 Å². The van der Waals surface area contributed by atoms with Crippen LogP contribution < -0.4 is 4.74 Å². The van der Waals surface area contributed by atoms with E-state index in [1.165, 1.54) is 7.11 Å². The number of rotatable bonds is 11. The molecule has 0 saturated carbocycles. The van der Waals surface area contributed by atoms with E-state index in [1.54, 1.807) is 17.1 Å². The maximum atomic E-state index is 12.6. The number of ether oxygens (including phenoxy) is 2. The van der Waals surface area contributed by atoms with Gasteiger partial charge >= 0.3 is 12.0 Å². The molecular formula is C23H26N4O4. The molecule has 3 aromatic rings. The molecule has 0 aliphatic carbocycles. The van der Waals surface area contributed by atoms with Gasteiger partial charge in [-0.15, -0.1) is 5.10 Å². The van der Waals surface area contributed by atoms with Crippen LogP contribution in [0.1, 0.15) is 37.3 Å². The fraction of sp³-hybridized carbons (Fsp3) is 0.304. The fourth-order valence-corrected chi connectivity index (χ4v) is 2.91. The highest BCUT2D eigenvalue weighted by Gasteiger charge is 2.20. The maximum absolute atomic E-state index is 12.6. The molecule has 8 heteroatoms. The molecule has 8 nitrogen and oxygen atoms in total. The molecular weight excluding hydrogens is 396 g/mol. The van der Waals surface area contributed by atoms with Gasteiger partial charge in [0, 0.05) is 5.56 Å². The van der Waals surface area contributed by atoms with Gasteiger partial charge in [0.05, 0.1) is 12.3 Å². The first-order valence-electron chi connectivity index (χ1n) is 10.2. The lowest BCUT2D eigenvalue weighted by Gasteiger charge is -2.11. The van der Waals surface area contributed by atoms with Crippen molar-refractivity contribution in [3.63, 3.8) is 0 Å². The van der Waals surface area contributed by atoms with Crippen molar-refractivity contribution < 1.29 is 19.1 Å². The molecule has 162 valence electrons. The van der Waals surface area contributed by atoms with Crippen LogP contribution in [0.3, 0.4) is 0 Å². The lowest BCUT2D eigenvalue weighted by molar-refractivity contribution is -0.135. The molecule has 0 aliphatic rings. The predicted octanol–water partition coefficient (Wildman–Crippen LogP) is 3.93. The van der Waals surface area contributed by atoms with Gasteiger partial charge in [-0.3, -0.25) is 0 Å². The van der Waals surface area contributed by atoms with Crippen LogP contribution in [0.2, 0.25) is 0 Å². The van der Waals surface area contributed by atoms with E-state index in [0.29, 0.717) is 12.2 Å². The second-order valence-corrected chi connectivity index (χ2v) is 6.72. The van der Waals surface area contributed by atoms with E-state index >= 15 is 0 Å². The standard InChI is InChI=1S/C23H26N4O4/c1-3-4-10-15-30-22(28)21(26-29-2)20-14-9-8-11-18(20)16-31-23-24-17-27(25-23)19-12-6-5-7-13-19/h5-9,11-14,17H,3-4,10,15-16H2,1-2H3/b26-21+. The summed E-state index contributed by atoms with van der Waals surface area (Å²) in [6, 6.07) is 17.2. The average Bonchev–Trinajstić information content (AvgIpc) is 3.29. The second kappa shape index (κ2) is 11.5. The highest BCUT2D eigenvalue weighted by Crippen LogP contribution is 2.15. The van der Waals surface area contributed by atoms with Crippen molar-refractivity contribution in [3.8, 4) is 11.7 Å². The number of benzene rings is 2. The van der Waals surface area contributed by atoms with Gasteiger partial charge in [-0.05, 0) is 24.1 Å². The summed E-state index contributed by atoms with van der Waals surface area (Å²) in [4.78, 5) is 21.7. The van der Waals surface area contributed by atoms with Gasteiger partial charge in [-0.1, -0.05) is 67.4 Å². The third kappa shape index (κ3) is 6.15. The Morgan fingerprint density at radius 2 is 1.84 bits per heavy atom. The molecule has 0 bridgehead atoms. The van der Waals surface area contributed by atoms with Crippen LogP contribution in [0, 0.1) is 0 Å². The number of hydrogen-bond acceptors (Lipinski definition) is 7. The summed E-state index contributed by atoms with van der Waals surface area (Å²) in [5, 5.41) is 8.24. The van der Waals surface area contributed by atoms with Gasteiger partial charge in [0.1, 0.15) is 20.0 Å². The highest BCUT2D eigenvalue weighted by atomic mass is 16.6. The SMILES string of the molecule is CCCCCOC(=O)/C(=N/OC)c1ccccc1COc1ncn(-c2ccccc2)n1. The smallest absolute Gasteiger partial charge is 0.361 e. The van der Waals surface area contributed by atoms with Crippen molar-refractivity contribution in [2.45, 2.75) is 32.8 Å². The van der Waals surface area contributed by atoms with E-state index < -0.39 is 5.97 Å². The highest BCUT2D eigenvalue weighted by molar-refractivity contribution is 6.43. The van der Waals surface area contributed by atoms with Gasteiger partial charge in [0.2, 0.25) is 0 Å². The molecule has 1 heterocycles. The minimum absolute atomic E-state index is 0.0981. The minimum atomic E-state index is -0.531. The number of esters is 1. The van der Waals surface area contributed by atoms with Crippen LogP contribution in [0.4, 0.5) is 0 Å². The van der Waals surface area contributed by atoms with Crippen molar-refractivity contribution in [2.75, 3.05) is 13.7 Å². The third-order valence-electron chi connectivity index (χ3n) is 4.48. The summed E-state index contributed by atoms with van der Waals surface area (Å²) >= 11 is 0. The molecule has 31 heavy (non-hydrogen) atoms. The third-order valence-corrected chi connectivity index (χ3v) is 4.48. The van der Waals surface area contributed by atoms with Crippen LogP contribution >= 0.6 is 0 Å². The Morgan fingerprint density at radius 3 is 2.61 bits per heavy atom. The molecule has 0 spiro atoms. The molecule has 0 fully saturated rings. The monoisotopic (exact) mass is 422 g/mol. The number of unbranched alkanes of at least 4 members (excludes halogenated alkanes) is 2. The Kier molecular flexibility index (Phi) is 8.16. The van der Waals surface area contributed by atoms with E-state index in [4.69, 9.17) is 14.3 Å². The molecule has 2 aromatic carbocycles. The summed E-state index contributed by atoms with van der Waals surface area (Å²) in [5.74, 6) is -0.531. The summed E-state index contributed by atoms with van der Waals surface area (Å²) in [6.07, 6.45) is 4.44. The first-order valence-corrected chi connectivity index (χ1v) is 10.2. The number of para-hydroxylation sites is 1. The zero-order valence-electron chi connectivity index (χ0n) is 17.7. The van der Waals surface area contributed by atoms with E-state index in [2.05, 4.69) is 22.2 Å². The number of aromatic nitrogens is 3. The number of hydrogen-bond donors (Lipinski definition) is 0. The van der Waals surface area contributed by atoms with Crippen molar-refractivity contribution in [2.24, 2.45) is 5.16 Å². The predicted molar refractivity (Wildman–Crippen MR) is 116 cm³/mol. The summed E-state index contributed by atoms with van der Waals surface area (Å²) in [7, 11) is 1.39. The van der Waals surface area contributed by atoms with Crippen LogP contribution in [-0.4, -0.2) is 40.2 Å². The number of nitrogens with zero attached hydrogens (tertiary/aromatic N) is 4. The Balaban J connectivity index is 1.71. The van der Waals surface area contributed by atoms with Gasteiger partial charge in [-0.25, -0.2) is 9.48 Å². The summed E-state index contributed by atoms with van der Waals surface area (Å²) < 4.78 is 12.8. The second-order valence-electron chi connectivity index (χ2n) is 6.72. The molecule has 3 rings (SSSR count). The van der Waals surface area contributed by atoms with Crippen LogP contribution in [-0.2, 0) is 21.0 Å². The van der Waals surface area contributed by atoms with E-state index in [-0.39, 0.29) is 18.3 Å². The number of carbonyl (C=O) groups excluding carboxylic acids is 1. The van der Waals surface area contributed by atoms with E-state index in [9.17, 15) is 4.79 Å². The first kappa shape index (κ1) is 22.0. The maximum Gasteiger partial charge on any atom is 0.361 e. The van der Waals surface area contributed by atoms with Crippen LogP contribution in [0.15, 0.2) is 66.1 Å². The molecule has 0 atom stereocenters. The van der Waals surface area contributed by atoms with Crippen molar-refractivity contribution in [1.29, 1.82) is 0 Å². The Hall–Kier alpha value is -3.68. The quantitative estimate of drug-likeness (QED) is 0.201. The van der Waals surface area contributed by atoms with E-state index in [1.807, 2.05) is 48.5 Å². The Bertz CT molecular complexity index is 1000.